The highest BCUT2D eigenvalue weighted by molar-refractivity contribution is 7.89. The summed E-state index contributed by atoms with van der Waals surface area (Å²) in [6, 6.07) is 4.84. The predicted octanol–water partition coefficient (Wildman–Crippen LogP) is 0.975. The fourth-order valence-electron chi connectivity index (χ4n) is 3.55. The zero-order valence-corrected chi connectivity index (χ0v) is 17.9. The first-order chi connectivity index (χ1) is 13.6. The molecule has 0 spiro atoms. The molecule has 1 aromatic heterocycles. The van der Waals surface area contributed by atoms with Crippen LogP contribution in [0.1, 0.15) is 33.1 Å². The van der Waals surface area contributed by atoms with Crippen molar-refractivity contribution in [1.29, 1.82) is 0 Å². The molecule has 0 radical (unpaired) electrons. The molecule has 10 heteroatoms. The van der Waals surface area contributed by atoms with Crippen molar-refractivity contribution >= 4 is 26.6 Å². The first kappa shape index (κ1) is 20.3. The van der Waals surface area contributed by atoms with Crippen molar-refractivity contribution in [2.75, 3.05) is 19.0 Å². The summed E-state index contributed by atoms with van der Waals surface area (Å²) >= 11 is 0. The first-order valence-corrected chi connectivity index (χ1v) is 11.2. The van der Waals surface area contributed by atoms with Crippen molar-refractivity contribution < 1.29 is 13.3 Å². The number of hydrogen-bond donors (Lipinski definition) is 2. The van der Waals surface area contributed by atoms with Crippen molar-refractivity contribution in [3.63, 3.8) is 0 Å². The minimum atomic E-state index is -3.71. The van der Waals surface area contributed by atoms with Crippen LogP contribution in [-0.2, 0) is 21.4 Å². The van der Waals surface area contributed by atoms with Crippen LogP contribution in [0.5, 0.6) is 0 Å². The van der Waals surface area contributed by atoms with Gasteiger partial charge < -0.3 is 4.90 Å². The third-order valence-electron chi connectivity index (χ3n) is 5.46. The van der Waals surface area contributed by atoms with Crippen LogP contribution < -0.4 is 20.7 Å². The van der Waals surface area contributed by atoms with Gasteiger partial charge in [-0.2, -0.15) is 10.6 Å². The van der Waals surface area contributed by atoms with Gasteiger partial charge in [-0.3, -0.25) is 9.63 Å². The SMILES string of the molecule is CC1CC(Cn2nc(N(C)C)c3ccc(S(=O)(=O)NC4(C)CC4)cc3c2=O)ON1. The van der Waals surface area contributed by atoms with Crippen LogP contribution in [0, 0.1) is 0 Å². The zero-order chi connectivity index (χ0) is 21.0. The average molecular weight is 422 g/mol. The maximum atomic E-state index is 13.1. The number of rotatable bonds is 6. The van der Waals surface area contributed by atoms with Gasteiger partial charge in [0.15, 0.2) is 5.82 Å². The Balaban J connectivity index is 1.79. The van der Waals surface area contributed by atoms with E-state index < -0.39 is 10.0 Å². The molecule has 9 nitrogen and oxygen atoms in total. The van der Waals surface area contributed by atoms with Gasteiger partial charge in [-0.15, -0.1) is 0 Å². The summed E-state index contributed by atoms with van der Waals surface area (Å²) in [7, 11) is -0.0267. The fraction of sp³-hybridized carbons (Fsp3) is 0.579. The van der Waals surface area contributed by atoms with Crippen LogP contribution in [-0.4, -0.2) is 50.0 Å². The van der Waals surface area contributed by atoms with Crippen LogP contribution in [0.2, 0.25) is 0 Å². The van der Waals surface area contributed by atoms with Crippen LogP contribution in [0.4, 0.5) is 5.82 Å². The molecule has 2 heterocycles. The number of benzene rings is 1. The second-order valence-electron chi connectivity index (χ2n) is 8.57. The van der Waals surface area contributed by atoms with Gasteiger partial charge in [0.2, 0.25) is 10.0 Å². The Bertz CT molecular complexity index is 1110. The lowest BCUT2D eigenvalue weighted by molar-refractivity contribution is 0.0167. The second-order valence-corrected chi connectivity index (χ2v) is 10.3. The average Bonchev–Trinajstić information content (AvgIpc) is 3.21. The van der Waals surface area contributed by atoms with E-state index in [-0.39, 0.29) is 28.1 Å². The van der Waals surface area contributed by atoms with Crippen molar-refractivity contribution in [2.45, 2.75) is 62.2 Å². The third kappa shape index (κ3) is 4.02. The van der Waals surface area contributed by atoms with E-state index in [0.717, 1.165) is 19.3 Å². The Labute approximate surface area is 170 Å². The molecular formula is C19H27N5O4S. The summed E-state index contributed by atoms with van der Waals surface area (Å²) in [4.78, 5) is 20.5. The molecule has 1 aliphatic carbocycles. The van der Waals surface area contributed by atoms with Crippen LogP contribution in [0.15, 0.2) is 27.9 Å². The number of hydroxylamine groups is 1. The maximum Gasteiger partial charge on any atom is 0.274 e. The number of fused-ring (bicyclic) bond motifs is 1. The normalized spacial score (nSPS) is 23.4. The van der Waals surface area contributed by atoms with E-state index in [1.54, 1.807) is 6.07 Å². The van der Waals surface area contributed by atoms with E-state index >= 15 is 0 Å². The number of nitrogens with zero attached hydrogens (tertiary/aromatic N) is 3. The lowest BCUT2D eigenvalue weighted by Gasteiger charge is -2.18. The van der Waals surface area contributed by atoms with Gasteiger partial charge in [-0.1, -0.05) is 0 Å². The lowest BCUT2D eigenvalue weighted by Crippen LogP contribution is -2.34. The van der Waals surface area contributed by atoms with Gasteiger partial charge >= 0.3 is 0 Å². The largest absolute Gasteiger partial charge is 0.361 e. The van der Waals surface area contributed by atoms with Crippen molar-refractivity contribution in [3.05, 3.63) is 28.6 Å². The van der Waals surface area contributed by atoms with Gasteiger partial charge in [0.05, 0.1) is 16.8 Å². The van der Waals surface area contributed by atoms with Gasteiger partial charge in [-0.05, 0) is 51.3 Å². The molecule has 2 atom stereocenters. The predicted molar refractivity (Wildman–Crippen MR) is 110 cm³/mol. The van der Waals surface area contributed by atoms with Gasteiger partial charge in [0, 0.05) is 31.1 Å². The molecule has 1 aliphatic heterocycles. The summed E-state index contributed by atoms with van der Waals surface area (Å²) in [5.41, 5.74) is 2.18. The van der Waals surface area contributed by atoms with E-state index in [2.05, 4.69) is 15.3 Å². The van der Waals surface area contributed by atoms with E-state index in [9.17, 15) is 13.2 Å². The molecule has 29 heavy (non-hydrogen) atoms. The summed E-state index contributed by atoms with van der Waals surface area (Å²) in [6.45, 7) is 4.18. The highest BCUT2D eigenvalue weighted by Gasteiger charge is 2.41. The molecule has 2 aromatic rings. The van der Waals surface area contributed by atoms with Crippen molar-refractivity contribution in [2.24, 2.45) is 0 Å². The summed E-state index contributed by atoms with van der Waals surface area (Å²) in [5.74, 6) is 0.602. The van der Waals surface area contributed by atoms with E-state index in [1.807, 2.05) is 32.8 Å². The third-order valence-corrected chi connectivity index (χ3v) is 7.09. The molecule has 0 bridgehead atoms. The van der Waals surface area contributed by atoms with E-state index in [4.69, 9.17) is 4.84 Å². The number of nitrogens with one attached hydrogen (secondary N) is 2. The molecule has 4 rings (SSSR count). The van der Waals surface area contributed by atoms with Crippen LogP contribution >= 0.6 is 0 Å². The highest BCUT2D eigenvalue weighted by atomic mass is 32.2. The molecular weight excluding hydrogens is 394 g/mol. The first-order valence-electron chi connectivity index (χ1n) is 9.75. The number of aromatic nitrogens is 2. The summed E-state index contributed by atoms with van der Waals surface area (Å²) < 4.78 is 29.7. The number of hydrogen-bond acceptors (Lipinski definition) is 7. The number of anilines is 1. The zero-order valence-electron chi connectivity index (χ0n) is 17.1. The minimum absolute atomic E-state index is 0.0880. The molecule has 1 saturated heterocycles. The smallest absolute Gasteiger partial charge is 0.274 e. The molecule has 2 unspecified atom stereocenters. The Hall–Kier alpha value is -2.01. The quantitative estimate of drug-likeness (QED) is 0.716. The van der Waals surface area contributed by atoms with Gasteiger partial charge in [-0.25, -0.2) is 17.8 Å². The minimum Gasteiger partial charge on any atom is -0.361 e. The van der Waals surface area contributed by atoms with Gasteiger partial charge in [0.1, 0.15) is 6.10 Å². The second kappa shape index (κ2) is 7.05. The maximum absolute atomic E-state index is 13.1. The topological polar surface area (TPSA) is 106 Å². The number of sulfonamides is 1. The Kier molecular flexibility index (Phi) is 4.93. The molecule has 2 N–H and O–H groups in total. The van der Waals surface area contributed by atoms with Crippen LogP contribution in [0.25, 0.3) is 10.8 Å². The van der Waals surface area contributed by atoms with Crippen molar-refractivity contribution in [1.82, 2.24) is 20.0 Å². The molecule has 2 aliphatic rings. The molecule has 1 aromatic carbocycles. The highest BCUT2D eigenvalue weighted by Crippen LogP contribution is 2.36. The molecule has 0 amide bonds. The van der Waals surface area contributed by atoms with Crippen LogP contribution in [0.3, 0.4) is 0 Å². The Morgan fingerprint density at radius 2 is 2.07 bits per heavy atom. The monoisotopic (exact) mass is 421 g/mol. The summed E-state index contributed by atoms with van der Waals surface area (Å²) in [6.07, 6.45) is 2.22. The van der Waals surface area contributed by atoms with E-state index in [1.165, 1.54) is 16.8 Å². The Morgan fingerprint density at radius 1 is 1.34 bits per heavy atom. The molecule has 1 saturated carbocycles. The van der Waals surface area contributed by atoms with E-state index in [0.29, 0.717) is 23.1 Å². The Morgan fingerprint density at radius 3 is 2.66 bits per heavy atom. The van der Waals surface area contributed by atoms with Crippen molar-refractivity contribution in [3.8, 4) is 0 Å². The van der Waals surface area contributed by atoms with Gasteiger partial charge in [0.25, 0.3) is 5.56 Å². The fourth-order valence-corrected chi connectivity index (χ4v) is 5.04. The lowest BCUT2D eigenvalue weighted by atomic mass is 10.1. The molecule has 2 fully saturated rings. The summed E-state index contributed by atoms with van der Waals surface area (Å²) in [5, 5.41) is 5.45. The molecule has 158 valence electrons. The standard InChI is InChI=1S/C19H27N5O4S/c1-12-9-13(28-21-12)11-24-18(25)16-10-14(29(26,27)22-19(2)7-8-19)5-6-15(16)17(20-24)23(3)4/h5-6,10,12-13,21-22H,7-9,11H2,1-4H3.